The molecular formula is C18H16N4O3. The fourth-order valence-electron chi connectivity index (χ4n) is 2.20. The van der Waals surface area contributed by atoms with Crippen molar-refractivity contribution in [2.45, 2.75) is 13.3 Å². The number of aryl methyl sites for hydroxylation is 1. The van der Waals surface area contributed by atoms with Crippen molar-refractivity contribution in [3.05, 3.63) is 71.7 Å². The highest BCUT2D eigenvalue weighted by atomic mass is 16.5. The van der Waals surface area contributed by atoms with Gasteiger partial charge in [0.15, 0.2) is 5.82 Å². The zero-order valence-electron chi connectivity index (χ0n) is 13.5. The topological polar surface area (TPSA) is 97.1 Å². The first-order valence-electron chi connectivity index (χ1n) is 7.63. The number of anilines is 2. The molecule has 0 unspecified atom stereocenters. The van der Waals surface area contributed by atoms with Crippen LogP contribution in [0.5, 0.6) is 0 Å². The number of aromatic nitrogens is 2. The summed E-state index contributed by atoms with van der Waals surface area (Å²) >= 11 is 0. The van der Waals surface area contributed by atoms with Gasteiger partial charge in [-0.1, -0.05) is 17.3 Å². The average molecular weight is 336 g/mol. The average Bonchev–Trinajstić information content (AvgIpc) is 3.02. The van der Waals surface area contributed by atoms with Gasteiger partial charge in [-0.25, -0.2) is 0 Å². The number of hydrogen-bond acceptors (Lipinski definition) is 5. The third-order valence-corrected chi connectivity index (χ3v) is 3.55. The molecule has 0 aliphatic heterocycles. The summed E-state index contributed by atoms with van der Waals surface area (Å²) < 4.78 is 4.71. The molecule has 126 valence electrons. The van der Waals surface area contributed by atoms with E-state index < -0.39 is 11.8 Å². The van der Waals surface area contributed by atoms with Gasteiger partial charge >= 0.3 is 11.8 Å². The lowest BCUT2D eigenvalue weighted by molar-refractivity contribution is -0.133. The number of nitrogens with zero attached hydrogens (tertiary/aromatic N) is 2. The Morgan fingerprint density at radius 2 is 1.60 bits per heavy atom. The minimum absolute atomic E-state index is 0.229. The van der Waals surface area contributed by atoms with Crippen LogP contribution in [0.15, 0.2) is 59.6 Å². The Labute approximate surface area is 144 Å². The molecule has 0 aliphatic carbocycles. The minimum atomic E-state index is -0.808. The van der Waals surface area contributed by atoms with Crippen molar-refractivity contribution in [2.75, 3.05) is 10.6 Å². The maximum absolute atomic E-state index is 11.9. The quantitative estimate of drug-likeness (QED) is 0.714. The van der Waals surface area contributed by atoms with Crippen LogP contribution in [0.4, 0.5) is 11.5 Å². The van der Waals surface area contributed by atoms with Crippen molar-refractivity contribution >= 4 is 23.3 Å². The summed E-state index contributed by atoms with van der Waals surface area (Å²) in [6.45, 7) is 1.71. The number of carbonyl (C=O) groups excluding carboxylic acids is 2. The maximum Gasteiger partial charge on any atom is 0.315 e. The molecule has 0 aliphatic rings. The molecule has 2 heterocycles. The van der Waals surface area contributed by atoms with Gasteiger partial charge in [-0.3, -0.25) is 19.9 Å². The number of amides is 2. The normalized spacial score (nSPS) is 10.3. The third-order valence-electron chi connectivity index (χ3n) is 3.55. The first-order valence-corrected chi connectivity index (χ1v) is 7.63. The summed E-state index contributed by atoms with van der Waals surface area (Å²) in [5.41, 5.74) is 3.41. The van der Waals surface area contributed by atoms with E-state index in [1.165, 1.54) is 6.26 Å². The Morgan fingerprint density at radius 3 is 2.24 bits per heavy atom. The van der Waals surface area contributed by atoms with Crippen molar-refractivity contribution in [1.29, 1.82) is 0 Å². The lowest BCUT2D eigenvalue weighted by atomic mass is 10.1. The molecule has 0 spiro atoms. The Morgan fingerprint density at radius 1 is 0.960 bits per heavy atom. The van der Waals surface area contributed by atoms with Gasteiger partial charge in [0.2, 0.25) is 0 Å². The SMILES string of the molecule is Cc1conc1NC(=O)C(=O)Nc1ccc(Cc2ccncc2)cc1. The monoisotopic (exact) mass is 336 g/mol. The summed E-state index contributed by atoms with van der Waals surface area (Å²) in [4.78, 5) is 27.8. The molecule has 25 heavy (non-hydrogen) atoms. The maximum atomic E-state index is 11.9. The van der Waals surface area contributed by atoms with Crippen LogP contribution in [0, 0.1) is 6.92 Å². The van der Waals surface area contributed by atoms with Crippen molar-refractivity contribution in [2.24, 2.45) is 0 Å². The van der Waals surface area contributed by atoms with E-state index in [0.29, 0.717) is 11.3 Å². The lowest BCUT2D eigenvalue weighted by Gasteiger charge is -2.07. The summed E-state index contributed by atoms with van der Waals surface area (Å²) in [6.07, 6.45) is 5.65. The highest BCUT2D eigenvalue weighted by Gasteiger charge is 2.16. The predicted octanol–water partition coefficient (Wildman–Crippen LogP) is 2.55. The van der Waals surface area contributed by atoms with Crippen LogP contribution in [-0.4, -0.2) is 22.0 Å². The lowest BCUT2D eigenvalue weighted by Crippen LogP contribution is -2.29. The Kier molecular flexibility index (Phi) is 4.84. The van der Waals surface area contributed by atoms with Crippen LogP contribution in [0.2, 0.25) is 0 Å². The second-order valence-electron chi connectivity index (χ2n) is 5.48. The van der Waals surface area contributed by atoms with Gasteiger partial charge in [0.25, 0.3) is 0 Å². The standard InChI is InChI=1S/C18H16N4O3/c1-12-11-25-22-16(12)21-18(24)17(23)20-15-4-2-13(3-5-15)10-14-6-8-19-9-7-14/h2-9,11H,10H2,1H3,(H,20,23)(H,21,22,24). The smallest absolute Gasteiger partial charge is 0.315 e. The Balaban J connectivity index is 1.58. The van der Waals surface area contributed by atoms with E-state index in [0.717, 1.165) is 17.5 Å². The van der Waals surface area contributed by atoms with Gasteiger partial charge in [0, 0.05) is 23.6 Å². The van der Waals surface area contributed by atoms with Crippen LogP contribution < -0.4 is 10.6 Å². The number of carbonyl (C=O) groups is 2. The van der Waals surface area contributed by atoms with E-state index in [9.17, 15) is 9.59 Å². The molecule has 0 bridgehead atoms. The second kappa shape index (κ2) is 7.39. The molecular weight excluding hydrogens is 320 g/mol. The number of pyridine rings is 1. The highest BCUT2D eigenvalue weighted by Crippen LogP contribution is 2.14. The zero-order chi connectivity index (χ0) is 17.6. The molecule has 1 aromatic carbocycles. The van der Waals surface area contributed by atoms with Crippen LogP contribution in [0.1, 0.15) is 16.7 Å². The minimum Gasteiger partial charge on any atom is -0.362 e. The highest BCUT2D eigenvalue weighted by molar-refractivity contribution is 6.43. The third kappa shape index (κ3) is 4.29. The van der Waals surface area contributed by atoms with Gasteiger partial charge in [0.1, 0.15) is 6.26 Å². The van der Waals surface area contributed by atoms with Crippen molar-refractivity contribution in [3.8, 4) is 0 Å². The molecule has 0 fully saturated rings. The molecule has 2 amide bonds. The Bertz CT molecular complexity index is 873. The second-order valence-corrected chi connectivity index (χ2v) is 5.48. The van der Waals surface area contributed by atoms with Gasteiger partial charge in [-0.05, 0) is 48.7 Å². The van der Waals surface area contributed by atoms with E-state index in [-0.39, 0.29) is 5.82 Å². The summed E-state index contributed by atoms with van der Waals surface area (Å²) in [5, 5.41) is 8.54. The fourth-order valence-corrected chi connectivity index (χ4v) is 2.20. The molecule has 0 saturated carbocycles. The molecule has 7 heteroatoms. The van der Waals surface area contributed by atoms with Gasteiger partial charge in [-0.2, -0.15) is 0 Å². The molecule has 3 aromatic rings. The molecule has 0 saturated heterocycles. The predicted molar refractivity (Wildman–Crippen MR) is 92.0 cm³/mol. The first-order chi connectivity index (χ1) is 12.1. The first kappa shape index (κ1) is 16.4. The number of nitrogens with one attached hydrogen (secondary N) is 2. The van der Waals surface area contributed by atoms with Crippen LogP contribution in [0.25, 0.3) is 0 Å². The van der Waals surface area contributed by atoms with Gasteiger partial charge < -0.3 is 9.84 Å². The summed E-state index contributed by atoms with van der Waals surface area (Å²) in [7, 11) is 0. The van der Waals surface area contributed by atoms with E-state index >= 15 is 0 Å². The number of rotatable bonds is 4. The van der Waals surface area contributed by atoms with Gasteiger partial charge in [0.05, 0.1) is 0 Å². The largest absolute Gasteiger partial charge is 0.362 e. The molecule has 0 atom stereocenters. The molecule has 7 nitrogen and oxygen atoms in total. The number of hydrogen-bond donors (Lipinski definition) is 2. The summed E-state index contributed by atoms with van der Waals surface area (Å²) in [5.74, 6) is -1.35. The molecule has 2 aromatic heterocycles. The number of benzene rings is 1. The Hall–Kier alpha value is -3.48. The van der Waals surface area contributed by atoms with Gasteiger partial charge in [-0.15, -0.1) is 0 Å². The van der Waals surface area contributed by atoms with Crippen molar-refractivity contribution in [1.82, 2.24) is 10.1 Å². The molecule has 3 rings (SSSR count). The van der Waals surface area contributed by atoms with E-state index in [1.54, 1.807) is 31.5 Å². The van der Waals surface area contributed by atoms with Crippen molar-refractivity contribution in [3.63, 3.8) is 0 Å². The van der Waals surface area contributed by atoms with Crippen molar-refractivity contribution < 1.29 is 14.1 Å². The molecule has 0 radical (unpaired) electrons. The van der Waals surface area contributed by atoms with E-state index in [2.05, 4.69) is 20.8 Å². The summed E-state index contributed by atoms with van der Waals surface area (Å²) in [6, 6.07) is 11.2. The van der Waals surface area contributed by atoms with E-state index in [4.69, 9.17) is 4.52 Å². The fraction of sp³-hybridized carbons (Fsp3) is 0.111. The zero-order valence-corrected chi connectivity index (χ0v) is 13.5. The van der Waals surface area contributed by atoms with Crippen LogP contribution >= 0.6 is 0 Å². The van der Waals surface area contributed by atoms with E-state index in [1.807, 2.05) is 24.3 Å². The van der Waals surface area contributed by atoms with Crippen LogP contribution in [0.3, 0.4) is 0 Å². The van der Waals surface area contributed by atoms with Crippen LogP contribution in [-0.2, 0) is 16.0 Å². The molecule has 2 N–H and O–H groups in total.